The van der Waals surface area contributed by atoms with E-state index in [9.17, 15) is 30.0 Å². The van der Waals surface area contributed by atoms with E-state index < -0.39 is 24.0 Å². The van der Waals surface area contributed by atoms with Gasteiger partial charge in [-0.2, -0.15) is 0 Å². The van der Waals surface area contributed by atoms with E-state index in [-0.39, 0.29) is 35.7 Å². The average Bonchev–Trinajstić information content (AvgIpc) is 2.64. The van der Waals surface area contributed by atoms with Gasteiger partial charge in [0.1, 0.15) is 23.6 Å². The Hall–Kier alpha value is -1.18. The summed E-state index contributed by atoms with van der Waals surface area (Å²) in [5.41, 5.74) is 0.291. The fourth-order valence-electron chi connectivity index (χ4n) is 2.71. The standard InChI is InChI=1S/C18H16Br4N2O6/c19-7-3-9(15(25)11(21)5-7)13(17(27)28)23-1-2-24-14(18(29)30)10-4-8(20)6-12(22)16(10)26/h3-6,13-14,23-26H,1-2H2,(H,27,28)(H,29,30). The topological polar surface area (TPSA) is 139 Å². The summed E-state index contributed by atoms with van der Waals surface area (Å²) in [6.07, 6.45) is 0. The fourth-order valence-corrected chi connectivity index (χ4v) is 5.22. The number of aliphatic carboxylic acids is 2. The SMILES string of the molecule is O=C(O)C(NCCNC(C(=O)O)c1cc(Br)cc(Br)c1O)c1cc(Br)cc(Br)c1O. The van der Waals surface area contributed by atoms with Gasteiger partial charge in [0, 0.05) is 33.2 Å². The Balaban J connectivity index is 2.12. The van der Waals surface area contributed by atoms with Crippen molar-refractivity contribution in [3.05, 3.63) is 53.3 Å². The largest absolute Gasteiger partial charge is 0.506 e. The molecule has 0 aliphatic rings. The number of hydrogen-bond donors (Lipinski definition) is 6. The maximum absolute atomic E-state index is 11.7. The summed E-state index contributed by atoms with van der Waals surface area (Å²) in [6, 6.07) is 3.68. The van der Waals surface area contributed by atoms with Crippen LogP contribution < -0.4 is 10.6 Å². The number of phenolic OH excluding ortho intramolecular Hbond substituents is 2. The van der Waals surface area contributed by atoms with Crippen molar-refractivity contribution in [3.63, 3.8) is 0 Å². The van der Waals surface area contributed by atoms with Gasteiger partial charge >= 0.3 is 11.9 Å². The van der Waals surface area contributed by atoms with Gasteiger partial charge in [0.25, 0.3) is 0 Å². The number of phenols is 2. The zero-order valence-corrected chi connectivity index (χ0v) is 21.3. The zero-order valence-electron chi connectivity index (χ0n) is 15.0. The van der Waals surface area contributed by atoms with Gasteiger partial charge in [-0.25, -0.2) is 0 Å². The van der Waals surface area contributed by atoms with Crippen LogP contribution in [0.5, 0.6) is 11.5 Å². The van der Waals surface area contributed by atoms with Crippen LogP contribution >= 0.6 is 63.7 Å². The van der Waals surface area contributed by atoms with Gasteiger partial charge < -0.3 is 20.4 Å². The van der Waals surface area contributed by atoms with Gasteiger partial charge in [0.05, 0.1) is 8.95 Å². The third kappa shape index (κ3) is 6.17. The summed E-state index contributed by atoms with van der Waals surface area (Å²) in [4.78, 5) is 23.4. The van der Waals surface area contributed by atoms with Crippen molar-refractivity contribution in [2.45, 2.75) is 12.1 Å². The van der Waals surface area contributed by atoms with Crippen molar-refractivity contribution in [2.75, 3.05) is 13.1 Å². The molecular weight excluding hydrogens is 660 g/mol. The molecule has 0 amide bonds. The molecule has 6 N–H and O–H groups in total. The van der Waals surface area contributed by atoms with E-state index in [2.05, 4.69) is 74.4 Å². The quantitative estimate of drug-likeness (QED) is 0.217. The van der Waals surface area contributed by atoms with Crippen LogP contribution in [0.2, 0.25) is 0 Å². The first-order valence-electron chi connectivity index (χ1n) is 8.31. The number of carbonyl (C=O) groups is 2. The molecule has 0 aliphatic heterocycles. The molecule has 0 aromatic heterocycles. The Labute approximate surface area is 205 Å². The molecule has 0 saturated carbocycles. The minimum Gasteiger partial charge on any atom is -0.506 e. The minimum absolute atomic E-state index is 0.0697. The maximum Gasteiger partial charge on any atom is 0.325 e. The van der Waals surface area contributed by atoms with E-state index in [1.54, 1.807) is 12.1 Å². The number of nitrogens with one attached hydrogen (secondary N) is 2. The molecular formula is C18H16Br4N2O6. The first-order valence-corrected chi connectivity index (χ1v) is 11.5. The summed E-state index contributed by atoms with van der Waals surface area (Å²) < 4.78 is 1.82. The Morgan fingerprint density at radius 1 is 0.733 bits per heavy atom. The fraction of sp³-hybridized carbons (Fsp3) is 0.222. The van der Waals surface area contributed by atoms with E-state index in [1.165, 1.54) is 12.1 Å². The molecule has 2 aromatic rings. The number of hydrogen-bond acceptors (Lipinski definition) is 6. The number of carboxylic acids is 2. The number of rotatable bonds is 9. The molecule has 2 rings (SSSR count). The van der Waals surface area contributed by atoms with E-state index in [1.807, 2.05) is 0 Å². The molecule has 2 aromatic carbocycles. The van der Waals surface area contributed by atoms with Crippen LogP contribution in [0.15, 0.2) is 42.2 Å². The molecule has 30 heavy (non-hydrogen) atoms. The second-order valence-electron chi connectivity index (χ2n) is 6.10. The van der Waals surface area contributed by atoms with Crippen LogP contribution in [0.3, 0.4) is 0 Å². The molecule has 8 nitrogen and oxygen atoms in total. The molecule has 0 bridgehead atoms. The highest BCUT2D eigenvalue weighted by Gasteiger charge is 2.26. The van der Waals surface area contributed by atoms with E-state index in [0.29, 0.717) is 17.9 Å². The molecule has 0 saturated heterocycles. The Morgan fingerprint density at radius 2 is 1.07 bits per heavy atom. The van der Waals surface area contributed by atoms with Crippen LogP contribution in [-0.2, 0) is 9.59 Å². The highest BCUT2D eigenvalue weighted by molar-refractivity contribution is 9.11. The van der Waals surface area contributed by atoms with Crippen LogP contribution in [0.4, 0.5) is 0 Å². The van der Waals surface area contributed by atoms with Crippen LogP contribution in [0.1, 0.15) is 23.2 Å². The summed E-state index contributed by atoms with van der Waals surface area (Å²) in [7, 11) is 0. The molecule has 162 valence electrons. The normalized spacial score (nSPS) is 13.1. The lowest BCUT2D eigenvalue weighted by molar-refractivity contribution is -0.141. The second kappa shape index (κ2) is 10.9. The molecule has 0 fully saturated rings. The zero-order chi connectivity index (χ0) is 22.6. The second-order valence-corrected chi connectivity index (χ2v) is 9.64. The van der Waals surface area contributed by atoms with Crippen LogP contribution in [0.25, 0.3) is 0 Å². The third-order valence-electron chi connectivity index (χ3n) is 4.05. The number of aromatic hydroxyl groups is 2. The Kier molecular flexibility index (Phi) is 9.13. The maximum atomic E-state index is 11.7. The lowest BCUT2D eigenvalue weighted by atomic mass is 10.1. The van der Waals surface area contributed by atoms with Crippen molar-refractivity contribution in [1.82, 2.24) is 10.6 Å². The summed E-state index contributed by atoms with van der Waals surface area (Å²) in [5.74, 6) is -2.84. The molecule has 2 atom stereocenters. The lowest BCUT2D eigenvalue weighted by Crippen LogP contribution is -2.37. The molecule has 12 heteroatoms. The van der Waals surface area contributed by atoms with E-state index in [0.717, 1.165) is 0 Å². The Bertz CT molecular complexity index is 895. The number of benzene rings is 2. The third-order valence-corrected chi connectivity index (χ3v) is 6.18. The summed E-state index contributed by atoms with van der Waals surface area (Å²) in [5, 5.41) is 45.0. The Morgan fingerprint density at radius 3 is 1.37 bits per heavy atom. The lowest BCUT2D eigenvalue weighted by Gasteiger charge is -2.20. The minimum atomic E-state index is -1.22. The van der Waals surface area contributed by atoms with Crippen molar-refractivity contribution in [1.29, 1.82) is 0 Å². The summed E-state index contributed by atoms with van der Waals surface area (Å²) in [6.45, 7) is 0.139. The van der Waals surface area contributed by atoms with E-state index in [4.69, 9.17) is 0 Å². The highest BCUT2D eigenvalue weighted by Crippen LogP contribution is 2.36. The monoisotopic (exact) mass is 672 g/mol. The predicted molar refractivity (Wildman–Crippen MR) is 124 cm³/mol. The summed E-state index contributed by atoms with van der Waals surface area (Å²) >= 11 is 12.8. The van der Waals surface area contributed by atoms with Crippen LogP contribution in [0, 0.1) is 0 Å². The highest BCUT2D eigenvalue weighted by atomic mass is 79.9. The van der Waals surface area contributed by atoms with Gasteiger partial charge in [-0.3, -0.25) is 20.2 Å². The predicted octanol–water partition coefficient (Wildman–Crippen LogP) is 4.28. The molecule has 0 heterocycles. The van der Waals surface area contributed by atoms with Crippen molar-refractivity contribution in [3.8, 4) is 11.5 Å². The molecule has 2 unspecified atom stereocenters. The molecule has 0 spiro atoms. The van der Waals surface area contributed by atoms with E-state index >= 15 is 0 Å². The van der Waals surface area contributed by atoms with Gasteiger partial charge in [0.2, 0.25) is 0 Å². The smallest absolute Gasteiger partial charge is 0.325 e. The van der Waals surface area contributed by atoms with Gasteiger partial charge in [-0.1, -0.05) is 31.9 Å². The van der Waals surface area contributed by atoms with Gasteiger partial charge in [-0.15, -0.1) is 0 Å². The van der Waals surface area contributed by atoms with Gasteiger partial charge in [-0.05, 0) is 56.1 Å². The van der Waals surface area contributed by atoms with Crippen molar-refractivity contribution in [2.24, 2.45) is 0 Å². The van der Waals surface area contributed by atoms with Crippen LogP contribution in [-0.4, -0.2) is 45.5 Å². The molecule has 0 aliphatic carbocycles. The number of carboxylic acid groups (broad SMARTS) is 2. The first kappa shape index (κ1) is 25.1. The number of halogens is 4. The molecule has 0 radical (unpaired) electrons. The van der Waals surface area contributed by atoms with Gasteiger partial charge in [0.15, 0.2) is 0 Å². The average molecular weight is 676 g/mol. The van der Waals surface area contributed by atoms with Crippen molar-refractivity contribution < 1.29 is 30.0 Å². The first-order chi connectivity index (χ1) is 14.0. The van der Waals surface area contributed by atoms with Crippen molar-refractivity contribution >= 4 is 75.7 Å².